The zero-order valence-electron chi connectivity index (χ0n) is 13.6. The number of hydrogen-bond acceptors (Lipinski definition) is 4. The molecular formula is C19H10Cl2N4O. The first-order chi connectivity index (χ1) is 12.4. The molecule has 2 aromatic rings. The van der Waals surface area contributed by atoms with E-state index in [0.717, 1.165) is 5.69 Å². The molecule has 0 fully saturated rings. The van der Waals surface area contributed by atoms with Crippen LogP contribution >= 0.6 is 23.2 Å². The molecule has 0 radical (unpaired) electrons. The highest BCUT2D eigenvalue weighted by Crippen LogP contribution is 2.33. The Morgan fingerprint density at radius 2 is 1.81 bits per heavy atom. The average Bonchev–Trinajstić information content (AvgIpc) is 2.95. The molecule has 126 valence electrons. The molecule has 0 atom stereocenters. The number of allylic oxidation sites excluding steroid dienone is 4. The number of nitrogens with zero attached hydrogens (tertiary/aromatic N) is 4. The predicted molar refractivity (Wildman–Crippen MR) is 97.2 cm³/mol. The number of rotatable bonds is 2. The Labute approximate surface area is 159 Å². The Morgan fingerprint density at radius 1 is 1.12 bits per heavy atom. The zero-order chi connectivity index (χ0) is 19.0. The number of carbonyl (C=O) groups excluding carboxylic acids is 1. The van der Waals surface area contributed by atoms with Crippen LogP contribution in [0, 0.1) is 34.0 Å². The summed E-state index contributed by atoms with van der Waals surface area (Å²) in [7, 11) is 1.78. The van der Waals surface area contributed by atoms with Gasteiger partial charge in [-0.15, -0.1) is 0 Å². The quantitative estimate of drug-likeness (QED) is 0.788. The Kier molecular flexibility index (Phi) is 4.58. The third kappa shape index (κ3) is 2.67. The molecule has 3 rings (SSSR count). The van der Waals surface area contributed by atoms with E-state index in [4.69, 9.17) is 23.2 Å². The lowest BCUT2D eigenvalue weighted by molar-refractivity contribution is -0.114. The summed E-state index contributed by atoms with van der Waals surface area (Å²) in [5.74, 6) is -0.193. The van der Waals surface area contributed by atoms with Crippen LogP contribution in [0.1, 0.15) is 28.8 Å². The van der Waals surface area contributed by atoms with Crippen molar-refractivity contribution in [1.82, 2.24) is 4.57 Å². The molecule has 1 heterocycles. The van der Waals surface area contributed by atoms with Crippen LogP contribution in [0.15, 0.2) is 33.8 Å². The number of aromatic nitrogens is 1. The van der Waals surface area contributed by atoms with Crippen LogP contribution in [0.2, 0.25) is 0 Å². The fourth-order valence-electron chi connectivity index (χ4n) is 3.03. The monoisotopic (exact) mass is 380 g/mol. The maximum atomic E-state index is 11.8. The minimum absolute atomic E-state index is 0.0580. The average molecular weight is 381 g/mol. The van der Waals surface area contributed by atoms with E-state index in [1.165, 1.54) is 0 Å². The van der Waals surface area contributed by atoms with Gasteiger partial charge < -0.3 is 4.57 Å². The number of ketones is 1. The van der Waals surface area contributed by atoms with E-state index in [1.807, 2.05) is 18.2 Å². The van der Waals surface area contributed by atoms with Crippen molar-refractivity contribution in [3.8, 4) is 18.2 Å². The van der Waals surface area contributed by atoms with E-state index in [0.29, 0.717) is 27.9 Å². The number of hydrogen-bond donors (Lipinski definition) is 0. The number of Topliss-reactive ketones (excluding diaryl/α,β-unsaturated/α-hetero) is 1. The van der Waals surface area contributed by atoms with Gasteiger partial charge in [0, 0.05) is 36.0 Å². The second-order valence-corrected chi connectivity index (χ2v) is 6.57. The number of carbonyl (C=O) groups is 1. The van der Waals surface area contributed by atoms with E-state index >= 15 is 0 Å². The molecular weight excluding hydrogens is 371 g/mol. The topological polar surface area (TPSA) is 93.4 Å². The minimum atomic E-state index is -0.193. The van der Waals surface area contributed by atoms with Crippen molar-refractivity contribution in [2.45, 2.75) is 12.8 Å². The Bertz CT molecular complexity index is 1160. The van der Waals surface area contributed by atoms with Gasteiger partial charge >= 0.3 is 0 Å². The van der Waals surface area contributed by atoms with E-state index in [1.54, 1.807) is 29.8 Å². The van der Waals surface area contributed by atoms with Gasteiger partial charge in [0.1, 0.15) is 18.2 Å². The molecule has 0 spiro atoms. The number of nitriles is 3. The normalized spacial score (nSPS) is 14.0. The van der Waals surface area contributed by atoms with E-state index < -0.39 is 0 Å². The van der Waals surface area contributed by atoms with Crippen LogP contribution in [-0.4, -0.2) is 10.4 Å². The second kappa shape index (κ2) is 6.70. The first kappa shape index (κ1) is 17.8. The summed E-state index contributed by atoms with van der Waals surface area (Å²) < 4.78 is 1.80. The van der Waals surface area contributed by atoms with E-state index in [-0.39, 0.29) is 33.9 Å². The fraction of sp³-hybridized carbons (Fsp3) is 0.158. The zero-order valence-corrected chi connectivity index (χ0v) is 15.1. The number of aryl methyl sites for hydroxylation is 1. The standard InChI is InChI=1S/C19H10Cl2N4O/c1-25-11(6-13-16(20)2-3-18(26)19(13)21)5-12-15(9-24)14(8-23)10(7-22)4-17(12)25/h2,4-5H,3,6H2,1H3. The van der Waals surface area contributed by atoms with Crippen LogP contribution in [0.5, 0.6) is 0 Å². The molecule has 0 bridgehead atoms. The smallest absolute Gasteiger partial charge is 0.178 e. The van der Waals surface area contributed by atoms with Crippen LogP contribution in [0.3, 0.4) is 0 Å². The highest BCUT2D eigenvalue weighted by Gasteiger charge is 2.23. The summed E-state index contributed by atoms with van der Waals surface area (Å²) in [5.41, 5.74) is 2.28. The van der Waals surface area contributed by atoms with Crippen molar-refractivity contribution < 1.29 is 4.79 Å². The Balaban J connectivity index is 2.23. The maximum Gasteiger partial charge on any atom is 0.178 e. The number of fused-ring (bicyclic) bond motifs is 1. The maximum absolute atomic E-state index is 11.8. The lowest BCUT2D eigenvalue weighted by atomic mass is 9.98. The molecule has 0 amide bonds. The molecule has 0 N–H and O–H groups in total. The summed E-state index contributed by atoms with van der Waals surface area (Å²) in [5, 5.41) is 29.2. The molecule has 1 aromatic carbocycles. The largest absolute Gasteiger partial charge is 0.347 e. The van der Waals surface area contributed by atoms with E-state index in [2.05, 4.69) is 0 Å². The van der Waals surface area contributed by atoms with Gasteiger partial charge in [-0.3, -0.25) is 4.79 Å². The molecule has 0 aliphatic heterocycles. The van der Waals surface area contributed by atoms with Crippen molar-refractivity contribution >= 4 is 39.9 Å². The van der Waals surface area contributed by atoms with Gasteiger partial charge in [-0.1, -0.05) is 29.3 Å². The second-order valence-electron chi connectivity index (χ2n) is 5.79. The van der Waals surface area contributed by atoms with Crippen molar-refractivity contribution in [3.63, 3.8) is 0 Å². The third-order valence-corrected chi connectivity index (χ3v) is 5.24. The molecule has 26 heavy (non-hydrogen) atoms. The highest BCUT2D eigenvalue weighted by atomic mass is 35.5. The number of benzene rings is 1. The lowest BCUT2D eigenvalue weighted by Crippen LogP contribution is -2.09. The van der Waals surface area contributed by atoms with Gasteiger partial charge in [0.05, 0.1) is 27.2 Å². The summed E-state index contributed by atoms with van der Waals surface area (Å²) in [6.07, 6.45) is 2.09. The molecule has 0 saturated carbocycles. The summed E-state index contributed by atoms with van der Waals surface area (Å²) in [6.45, 7) is 0. The van der Waals surface area contributed by atoms with Crippen molar-refractivity contribution in [2.75, 3.05) is 0 Å². The van der Waals surface area contributed by atoms with Gasteiger partial charge in [0.15, 0.2) is 5.78 Å². The summed E-state index contributed by atoms with van der Waals surface area (Å²) in [6, 6.07) is 9.25. The molecule has 1 aliphatic carbocycles. The molecule has 1 aromatic heterocycles. The molecule has 1 aliphatic rings. The minimum Gasteiger partial charge on any atom is -0.347 e. The molecule has 7 heteroatoms. The summed E-state index contributed by atoms with van der Waals surface area (Å²) >= 11 is 12.4. The Morgan fingerprint density at radius 3 is 2.42 bits per heavy atom. The number of halogens is 2. The Hall–Kier alpha value is -3.04. The van der Waals surface area contributed by atoms with Crippen LogP contribution in [-0.2, 0) is 18.3 Å². The highest BCUT2D eigenvalue weighted by molar-refractivity contribution is 6.45. The first-order valence-corrected chi connectivity index (χ1v) is 8.32. The van der Waals surface area contributed by atoms with Gasteiger partial charge in [-0.25, -0.2) is 0 Å². The van der Waals surface area contributed by atoms with Gasteiger partial charge in [-0.2, -0.15) is 15.8 Å². The van der Waals surface area contributed by atoms with Gasteiger partial charge in [-0.05, 0) is 17.7 Å². The van der Waals surface area contributed by atoms with Crippen molar-refractivity contribution in [3.05, 3.63) is 56.2 Å². The first-order valence-electron chi connectivity index (χ1n) is 7.56. The van der Waals surface area contributed by atoms with E-state index in [9.17, 15) is 20.6 Å². The van der Waals surface area contributed by atoms with Crippen LogP contribution in [0.25, 0.3) is 10.9 Å². The van der Waals surface area contributed by atoms with Gasteiger partial charge in [0.25, 0.3) is 0 Å². The fourth-order valence-corrected chi connectivity index (χ4v) is 3.56. The third-order valence-electron chi connectivity index (χ3n) is 4.42. The molecule has 0 unspecified atom stereocenters. The van der Waals surface area contributed by atoms with Crippen LogP contribution < -0.4 is 0 Å². The van der Waals surface area contributed by atoms with Crippen molar-refractivity contribution in [1.29, 1.82) is 15.8 Å². The summed E-state index contributed by atoms with van der Waals surface area (Å²) in [4.78, 5) is 11.8. The SMILES string of the molecule is Cn1c(CC2=C(Cl)C(=O)CC=C2Cl)cc2c(C#N)c(C#N)c(C#N)cc21. The van der Waals surface area contributed by atoms with Crippen LogP contribution in [0.4, 0.5) is 0 Å². The molecule has 0 saturated heterocycles. The predicted octanol–water partition coefficient (Wildman–Crippen LogP) is 3.92. The van der Waals surface area contributed by atoms with Gasteiger partial charge in [0.2, 0.25) is 0 Å². The van der Waals surface area contributed by atoms with Crippen molar-refractivity contribution in [2.24, 2.45) is 7.05 Å². The lowest BCUT2D eigenvalue weighted by Gasteiger charge is -2.14. The molecule has 5 nitrogen and oxygen atoms in total.